The average Bonchev–Trinajstić information content (AvgIpc) is 1.90. The summed E-state index contributed by atoms with van der Waals surface area (Å²) in [6, 6.07) is 0. The lowest BCUT2D eigenvalue weighted by molar-refractivity contribution is 0.182. The highest BCUT2D eigenvalue weighted by Crippen LogP contribution is 1.84. The van der Waals surface area contributed by atoms with Gasteiger partial charge in [0.25, 0.3) is 0 Å². The molecule has 0 fully saturated rings. The second-order valence-corrected chi connectivity index (χ2v) is 1.34. The van der Waals surface area contributed by atoms with Crippen molar-refractivity contribution in [1.29, 1.82) is 5.26 Å². The SMILES string of the molecule is CCOC(=NC#N)OCC. The number of nitriles is 1. The van der Waals surface area contributed by atoms with Crippen molar-refractivity contribution >= 4 is 6.08 Å². The van der Waals surface area contributed by atoms with Crippen molar-refractivity contribution in [3.05, 3.63) is 0 Å². The summed E-state index contributed by atoms with van der Waals surface area (Å²) in [5, 5.41) is 8.09. The van der Waals surface area contributed by atoms with Crippen LogP contribution in [-0.4, -0.2) is 19.3 Å². The maximum absolute atomic E-state index is 8.09. The molecule has 0 aliphatic rings. The molecule has 56 valence electrons. The van der Waals surface area contributed by atoms with E-state index in [1.165, 1.54) is 0 Å². The number of hydrogen-bond donors (Lipinski definition) is 0. The Morgan fingerprint density at radius 3 is 2.20 bits per heavy atom. The van der Waals surface area contributed by atoms with Crippen LogP contribution in [0.5, 0.6) is 0 Å². The van der Waals surface area contributed by atoms with Crippen LogP contribution in [0.3, 0.4) is 0 Å². The summed E-state index contributed by atoms with van der Waals surface area (Å²) in [6.45, 7) is 4.51. The van der Waals surface area contributed by atoms with Gasteiger partial charge in [-0.15, -0.1) is 4.99 Å². The second-order valence-electron chi connectivity index (χ2n) is 1.34. The average molecular weight is 142 g/mol. The molecule has 0 bridgehead atoms. The van der Waals surface area contributed by atoms with Crippen molar-refractivity contribution in [3.63, 3.8) is 0 Å². The Hall–Kier alpha value is -1.24. The highest BCUT2D eigenvalue weighted by molar-refractivity contribution is 5.67. The molecule has 0 aromatic rings. The molecule has 0 atom stereocenters. The maximum Gasteiger partial charge on any atom is 0.399 e. The van der Waals surface area contributed by atoms with Crippen LogP contribution in [0, 0.1) is 11.5 Å². The number of rotatable bonds is 2. The van der Waals surface area contributed by atoms with E-state index < -0.39 is 0 Å². The Morgan fingerprint density at radius 1 is 1.40 bits per heavy atom. The molecule has 4 nitrogen and oxygen atoms in total. The monoisotopic (exact) mass is 142 g/mol. The normalized spacial score (nSPS) is 7.70. The van der Waals surface area contributed by atoms with E-state index in [1.807, 2.05) is 0 Å². The van der Waals surface area contributed by atoms with E-state index in [9.17, 15) is 0 Å². The zero-order valence-corrected chi connectivity index (χ0v) is 6.13. The highest BCUT2D eigenvalue weighted by atomic mass is 16.7. The van der Waals surface area contributed by atoms with Gasteiger partial charge in [0.2, 0.25) is 6.19 Å². The first-order chi connectivity index (χ1) is 4.85. The van der Waals surface area contributed by atoms with Gasteiger partial charge in [-0.25, -0.2) is 0 Å². The molecular formula is C6H10N2O2. The fraction of sp³-hybridized carbons (Fsp3) is 0.667. The maximum atomic E-state index is 8.09. The minimum absolute atomic E-state index is 0.0486. The summed E-state index contributed by atoms with van der Waals surface area (Å²) in [5.74, 6) is 0. The summed E-state index contributed by atoms with van der Waals surface area (Å²) in [4.78, 5) is 3.28. The molecule has 0 spiro atoms. The number of aliphatic imine (C=N–C) groups is 1. The third-order valence-electron chi connectivity index (χ3n) is 0.677. The molecule has 0 heterocycles. The van der Waals surface area contributed by atoms with Crippen molar-refractivity contribution in [3.8, 4) is 6.19 Å². The molecule has 10 heavy (non-hydrogen) atoms. The highest BCUT2D eigenvalue weighted by Gasteiger charge is 1.96. The first-order valence-electron chi connectivity index (χ1n) is 3.07. The Balaban J connectivity index is 3.75. The molecule has 0 unspecified atom stereocenters. The van der Waals surface area contributed by atoms with Gasteiger partial charge < -0.3 is 9.47 Å². The van der Waals surface area contributed by atoms with Crippen molar-refractivity contribution in [2.24, 2.45) is 4.99 Å². The summed E-state index contributed by atoms with van der Waals surface area (Å²) in [7, 11) is 0. The lowest BCUT2D eigenvalue weighted by atomic mass is 10.8. The van der Waals surface area contributed by atoms with Crippen LogP contribution in [0.1, 0.15) is 13.8 Å². The van der Waals surface area contributed by atoms with Gasteiger partial charge >= 0.3 is 6.08 Å². The molecule has 0 aromatic heterocycles. The van der Waals surface area contributed by atoms with Crippen LogP contribution in [0.2, 0.25) is 0 Å². The van der Waals surface area contributed by atoms with Gasteiger partial charge in [0.05, 0.1) is 13.2 Å². The van der Waals surface area contributed by atoms with Crippen LogP contribution < -0.4 is 0 Å². The molecule has 0 saturated carbocycles. The van der Waals surface area contributed by atoms with Crippen LogP contribution in [0.4, 0.5) is 0 Å². The molecule has 0 rings (SSSR count). The largest absolute Gasteiger partial charge is 0.450 e. The Labute approximate surface area is 60.1 Å². The first-order valence-corrected chi connectivity index (χ1v) is 3.07. The van der Waals surface area contributed by atoms with Crippen molar-refractivity contribution in [1.82, 2.24) is 0 Å². The molecule has 0 aliphatic heterocycles. The van der Waals surface area contributed by atoms with Crippen LogP contribution in [0.15, 0.2) is 4.99 Å². The van der Waals surface area contributed by atoms with Gasteiger partial charge in [-0.2, -0.15) is 5.26 Å². The zero-order chi connectivity index (χ0) is 7.82. The van der Waals surface area contributed by atoms with Crippen molar-refractivity contribution in [2.45, 2.75) is 13.8 Å². The molecular weight excluding hydrogens is 132 g/mol. The van der Waals surface area contributed by atoms with E-state index in [-0.39, 0.29) is 6.08 Å². The van der Waals surface area contributed by atoms with Crippen LogP contribution >= 0.6 is 0 Å². The quantitative estimate of drug-likeness (QED) is 0.327. The lowest BCUT2D eigenvalue weighted by Crippen LogP contribution is -2.08. The summed E-state index contributed by atoms with van der Waals surface area (Å²) in [6.07, 6.45) is 1.62. The van der Waals surface area contributed by atoms with E-state index in [1.54, 1.807) is 20.0 Å². The second kappa shape index (κ2) is 5.89. The van der Waals surface area contributed by atoms with Crippen LogP contribution in [0.25, 0.3) is 0 Å². The molecule has 0 saturated heterocycles. The third-order valence-corrected chi connectivity index (χ3v) is 0.677. The minimum atomic E-state index is 0.0486. The van der Waals surface area contributed by atoms with Gasteiger partial charge in [-0.1, -0.05) is 0 Å². The van der Waals surface area contributed by atoms with Gasteiger partial charge in [-0.05, 0) is 13.8 Å². The number of nitrogens with zero attached hydrogens (tertiary/aromatic N) is 2. The fourth-order valence-corrected chi connectivity index (χ4v) is 0.394. The fourth-order valence-electron chi connectivity index (χ4n) is 0.394. The van der Waals surface area contributed by atoms with Gasteiger partial charge in [0.15, 0.2) is 0 Å². The molecule has 0 aromatic carbocycles. The zero-order valence-electron chi connectivity index (χ0n) is 6.13. The standard InChI is InChI=1S/C6H10N2O2/c1-3-9-6(8-5-7)10-4-2/h3-4H2,1-2H3. The smallest absolute Gasteiger partial charge is 0.399 e. The first kappa shape index (κ1) is 8.76. The Bertz CT molecular complexity index is 140. The van der Waals surface area contributed by atoms with Crippen molar-refractivity contribution in [2.75, 3.05) is 13.2 Å². The topological polar surface area (TPSA) is 54.6 Å². The molecule has 0 radical (unpaired) electrons. The van der Waals surface area contributed by atoms with E-state index in [0.717, 1.165) is 0 Å². The number of hydrogen-bond acceptors (Lipinski definition) is 4. The molecule has 4 heteroatoms. The lowest BCUT2D eigenvalue weighted by Gasteiger charge is -2.03. The Morgan fingerprint density at radius 2 is 1.90 bits per heavy atom. The molecule has 0 amide bonds. The summed E-state index contributed by atoms with van der Waals surface area (Å²) in [5.41, 5.74) is 0. The third kappa shape index (κ3) is 3.72. The predicted octanol–water partition coefficient (Wildman–Crippen LogP) is 0.896. The van der Waals surface area contributed by atoms with E-state index in [4.69, 9.17) is 14.7 Å². The summed E-state index contributed by atoms with van der Waals surface area (Å²) < 4.78 is 9.66. The van der Waals surface area contributed by atoms with E-state index in [0.29, 0.717) is 13.2 Å². The molecule has 0 aliphatic carbocycles. The predicted molar refractivity (Wildman–Crippen MR) is 36.3 cm³/mol. The van der Waals surface area contributed by atoms with E-state index in [2.05, 4.69) is 4.99 Å². The van der Waals surface area contributed by atoms with Crippen molar-refractivity contribution < 1.29 is 9.47 Å². The minimum Gasteiger partial charge on any atom is -0.450 e. The van der Waals surface area contributed by atoms with Crippen LogP contribution in [-0.2, 0) is 9.47 Å². The van der Waals surface area contributed by atoms with Gasteiger partial charge in [0, 0.05) is 0 Å². The summed E-state index contributed by atoms with van der Waals surface area (Å²) >= 11 is 0. The van der Waals surface area contributed by atoms with Gasteiger partial charge in [0.1, 0.15) is 0 Å². The number of ether oxygens (including phenoxy) is 2. The van der Waals surface area contributed by atoms with E-state index >= 15 is 0 Å². The van der Waals surface area contributed by atoms with Gasteiger partial charge in [-0.3, -0.25) is 0 Å². The Kier molecular flexibility index (Phi) is 5.16. The molecule has 0 N–H and O–H groups in total.